The van der Waals surface area contributed by atoms with Gasteiger partial charge >= 0.3 is 5.97 Å². The number of hydrogen-bond acceptors (Lipinski definition) is 5. The van der Waals surface area contributed by atoms with E-state index < -0.39 is 0 Å². The summed E-state index contributed by atoms with van der Waals surface area (Å²) in [6, 6.07) is 1.79. The molecule has 0 radical (unpaired) electrons. The van der Waals surface area contributed by atoms with Gasteiger partial charge in [-0.15, -0.1) is 0 Å². The summed E-state index contributed by atoms with van der Waals surface area (Å²) in [5.41, 5.74) is 0.552. The lowest BCUT2D eigenvalue weighted by Crippen LogP contribution is -2.43. The minimum atomic E-state index is -0.272. The Kier molecular flexibility index (Phi) is 4.49. The van der Waals surface area contributed by atoms with Gasteiger partial charge < -0.3 is 14.6 Å². The summed E-state index contributed by atoms with van der Waals surface area (Å²) in [5, 5.41) is 7.09. The van der Waals surface area contributed by atoms with E-state index in [4.69, 9.17) is 4.52 Å². The van der Waals surface area contributed by atoms with Crippen molar-refractivity contribution in [3.05, 3.63) is 18.0 Å². The second-order valence-electron chi connectivity index (χ2n) is 4.01. The van der Waals surface area contributed by atoms with E-state index in [0.717, 1.165) is 12.1 Å². The van der Waals surface area contributed by atoms with Gasteiger partial charge in [0.15, 0.2) is 0 Å². The van der Waals surface area contributed by atoms with Gasteiger partial charge in [-0.3, -0.25) is 4.79 Å². The van der Waals surface area contributed by atoms with Gasteiger partial charge in [0.1, 0.15) is 6.26 Å². The highest BCUT2D eigenvalue weighted by Gasteiger charge is 2.25. The van der Waals surface area contributed by atoms with Crippen LogP contribution in [-0.2, 0) is 16.1 Å². The van der Waals surface area contributed by atoms with Crippen molar-refractivity contribution in [3.63, 3.8) is 0 Å². The van der Waals surface area contributed by atoms with E-state index in [1.807, 2.05) is 13.8 Å². The number of carbonyl (C=O) groups excluding carboxylic acids is 1. The molecule has 0 amide bonds. The van der Waals surface area contributed by atoms with Crippen molar-refractivity contribution in [1.29, 1.82) is 0 Å². The highest BCUT2D eigenvalue weighted by Crippen LogP contribution is 2.15. The van der Waals surface area contributed by atoms with Gasteiger partial charge in [-0.2, -0.15) is 0 Å². The zero-order valence-corrected chi connectivity index (χ0v) is 9.95. The van der Waals surface area contributed by atoms with Crippen LogP contribution < -0.4 is 5.32 Å². The highest BCUT2D eigenvalue weighted by molar-refractivity contribution is 5.70. The number of esters is 1. The molecule has 1 heterocycles. The highest BCUT2D eigenvalue weighted by atomic mass is 16.5. The lowest BCUT2D eigenvalue weighted by Gasteiger charge is -2.28. The van der Waals surface area contributed by atoms with Crippen LogP contribution in [0.4, 0.5) is 0 Å². The Hall–Kier alpha value is -1.36. The summed E-state index contributed by atoms with van der Waals surface area (Å²) in [7, 11) is 1.40. The van der Waals surface area contributed by atoms with Crippen LogP contribution in [0.3, 0.4) is 0 Å². The predicted molar refractivity (Wildman–Crippen MR) is 58.7 cm³/mol. The quantitative estimate of drug-likeness (QED) is 0.744. The van der Waals surface area contributed by atoms with Gasteiger partial charge in [-0.1, -0.05) is 12.1 Å². The number of nitrogens with zero attached hydrogens (tertiary/aromatic N) is 1. The Bertz CT molecular complexity index is 324. The fraction of sp³-hybridized carbons (Fsp3) is 0.636. The SMILES string of the molecule is CCC(C)(CC(=O)OC)NCc1ccon1. The Morgan fingerprint density at radius 1 is 1.69 bits per heavy atom. The second-order valence-corrected chi connectivity index (χ2v) is 4.01. The van der Waals surface area contributed by atoms with Crippen LogP contribution in [-0.4, -0.2) is 23.8 Å². The summed E-state index contributed by atoms with van der Waals surface area (Å²) in [5.74, 6) is -0.211. The van der Waals surface area contributed by atoms with E-state index in [2.05, 4.69) is 15.2 Å². The maximum absolute atomic E-state index is 11.3. The average Bonchev–Trinajstić information content (AvgIpc) is 2.79. The maximum atomic E-state index is 11.3. The van der Waals surface area contributed by atoms with Crippen LogP contribution in [0.2, 0.25) is 0 Å². The van der Waals surface area contributed by atoms with Crippen LogP contribution in [0.1, 0.15) is 32.4 Å². The zero-order valence-electron chi connectivity index (χ0n) is 9.95. The number of nitrogens with one attached hydrogen (secondary N) is 1. The van der Waals surface area contributed by atoms with Crippen molar-refractivity contribution in [3.8, 4) is 0 Å². The third-order valence-corrected chi connectivity index (χ3v) is 2.73. The van der Waals surface area contributed by atoms with E-state index in [-0.39, 0.29) is 11.5 Å². The Morgan fingerprint density at radius 3 is 2.94 bits per heavy atom. The topological polar surface area (TPSA) is 64.4 Å². The van der Waals surface area contributed by atoms with Crippen LogP contribution in [0, 0.1) is 0 Å². The number of aromatic nitrogens is 1. The lowest BCUT2D eigenvalue weighted by molar-refractivity contribution is -0.142. The van der Waals surface area contributed by atoms with Crippen molar-refractivity contribution in [2.24, 2.45) is 0 Å². The predicted octanol–water partition coefficient (Wildman–Crippen LogP) is 1.50. The molecular formula is C11H18N2O3. The number of rotatable bonds is 6. The van der Waals surface area contributed by atoms with Crippen LogP contribution in [0.5, 0.6) is 0 Å². The summed E-state index contributed by atoms with van der Waals surface area (Å²) in [6.45, 7) is 4.60. The molecule has 1 atom stereocenters. The third-order valence-electron chi connectivity index (χ3n) is 2.73. The Labute approximate surface area is 95.1 Å². The minimum absolute atomic E-state index is 0.211. The molecule has 90 valence electrons. The molecule has 0 bridgehead atoms. The fourth-order valence-corrected chi connectivity index (χ4v) is 1.34. The van der Waals surface area contributed by atoms with Crippen LogP contribution >= 0.6 is 0 Å². The molecule has 0 saturated carbocycles. The van der Waals surface area contributed by atoms with E-state index in [1.54, 1.807) is 6.07 Å². The molecule has 5 heteroatoms. The molecule has 16 heavy (non-hydrogen) atoms. The molecule has 1 aromatic heterocycles. The molecule has 1 aromatic rings. The molecule has 0 aromatic carbocycles. The van der Waals surface area contributed by atoms with Crippen LogP contribution in [0.25, 0.3) is 0 Å². The Morgan fingerprint density at radius 2 is 2.44 bits per heavy atom. The molecule has 0 spiro atoms. The van der Waals surface area contributed by atoms with Gasteiger partial charge in [0.2, 0.25) is 0 Å². The number of ether oxygens (including phenoxy) is 1. The van der Waals surface area contributed by atoms with E-state index >= 15 is 0 Å². The van der Waals surface area contributed by atoms with Crippen molar-refractivity contribution < 1.29 is 14.1 Å². The van der Waals surface area contributed by atoms with Crippen LogP contribution in [0.15, 0.2) is 16.9 Å². The first kappa shape index (κ1) is 12.7. The normalized spacial score (nSPS) is 14.4. The summed E-state index contributed by atoms with van der Waals surface area (Å²) in [4.78, 5) is 11.3. The fourth-order valence-electron chi connectivity index (χ4n) is 1.34. The summed E-state index contributed by atoms with van der Waals surface area (Å²) >= 11 is 0. The third kappa shape index (κ3) is 3.66. The molecule has 1 rings (SSSR count). The molecule has 0 aliphatic rings. The smallest absolute Gasteiger partial charge is 0.307 e. The average molecular weight is 226 g/mol. The molecule has 1 N–H and O–H groups in total. The van der Waals surface area contributed by atoms with Gasteiger partial charge in [0.25, 0.3) is 0 Å². The largest absolute Gasteiger partial charge is 0.469 e. The van der Waals surface area contributed by atoms with E-state index in [1.165, 1.54) is 13.4 Å². The standard InChI is InChI=1S/C11H18N2O3/c1-4-11(2,7-10(14)15-3)12-8-9-5-6-16-13-9/h5-6,12H,4,7-8H2,1-3H3. The maximum Gasteiger partial charge on any atom is 0.307 e. The van der Waals surface area contributed by atoms with Crippen molar-refractivity contribution in [2.75, 3.05) is 7.11 Å². The number of methoxy groups -OCH3 is 1. The van der Waals surface area contributed by atoms with Gasteiger partial charge in [0.05, 0.1) is 19.2 Å². The van der Waals surface area contributed by atoms with Crippen molar-refractivity contribution in [1.82, 2.24) is 10.5 Å². The molecule has 0 aliphatic heterocycles. The van der Waals surface area contributed by atoms with Gasteiger partial charge in [0, 0.05) is 18.2 Å². The van der Waals surface area contributed by atoms with E-state index in [9.17, 15) is 4.79 Å². The summed E-state index contributed by atoms with van der Waals surface area (Å²) in [6.07, 6.45) is 2.71. The molecule has 0 saturated heterocycles. The first-order valence-electron chi connectivity index (χ1n) is 5.31. The second kappa shape index (κ2) is 5.65. The zero-order chi connectivity index (χ0) is 12.0. The lowest BCUT2D eigenvalue weighted by atomic mass is 9.94. The van der Waals surface area contributed by atoms with Crippen molar-refractivity contribution in [2.45, 2.75) is 38.8 Å². The number of carbonyl (C=O) groups is 1. The van der Waals surface area contributed by atoms with Gasteiger partial charge in [-0.25, -0.2) is 0 Å². The first-order chi connectivity index (χ1) is 7.59. The number of hydrogen-bond donors (Lipinski definition) is 1. The Balaban J connectivity index is 2.49. The molecule has 1 unspecified atom stereocenters. The molecule has 0 fully saturated rings. The first-order valence-corrected chi connectivity index (χ1v) is 5.31. The molecular weight excluding hydrogens is 208 g/mol. The molecule has 0 aliphatic carbocycles. The monoisotopic (exact) mass is 226 g/mol. The summed E-state index contributed by atoms with van der Waals surface area (Å²) < 4.78 is 9.41. The minimum Gasteiger partial charge on any atom is -0.469 e. The molecule has 5 nitrogen and oxygen atoms in total. The van der Waals surface area contributed by atoms with Gasteiger partial charge in [-0.05, 0) is 13.3 Å². The van der Waals surface area contributed by atoms with E-state index in [0.29, 0.717) is 13.0 Å². The van der Waals surface area contributed by atoms with Crippen molar-refractivity contribution >= 4 is 5.97 Å².